The molecule has 1 atom stereocenters. The van der Waals surface area contributed by atoms with Crippen molar-refractivity contribution in [2.75, 3.05) is 32.1 Å². The van der Waals surface area contributed by atoms with Crippen LogP contribution in [-0.2, 0) is 30.8 Å². The molecular formula is C32H45ClN4O6S. The molecule has 0 saturated heterocycles. The molecule has 242 valence electrons. The van der Waals surface area contributed by atoms with Crippen LogP contribution in [0.25, 0.3) is 0 Å². The normalized spacial score (nSPS) is 18.4. The molecule has 10 nitrogen and oxygen atoms in total. The minimum Gasteiger partial charge on any atom is -0.481 e. The van der Waals surface area contributed by atoms with Crippen molar-refractivity contribution < 1.29 is 27.9 Å². The molecule has 0 unspecified atom stereocenters. The fourth-order valence-electron chi connectivity index (χ4n) is 5.86. The van der Waals surface area contributed by atoms with Crippen LogP contribution in [0, 0.1) is 5.92 Å². The third kappa shape index (κ3) is 8.95. The van der Waals surface area contributed by atoms with Gasteiger partial charge in [-0.25, -0.2) is 8.42 Å². The molecule has 44 heavy (non-hydrogen) atoms. The Morgan fingerprint density at radius 2 is 1.73 bits per heavy atom. The Morgan fingerprint density at radius 1 is 1.07 bits per heavy atom. The number of hydrogen-bond acceptors (Lipinski definition) is 6. The number of nitrogens with two attached hydrogens (primary N) is 1. The number of carbonyl (C=O) groups excluding carboxylic acids is 2. The van der Waals surface area contributed by atoms with Crippen LogP contribution >= 0.6 is 11.6 Å². The molecule has 2 aromatic rings. The maximum Gasteiger partial charge on any atom is 0.311 e. The third-order valence-corrected chi connectivity index (χ3v) is 10.7. The first-order valence-electron chi connectivity index (χ1n) is 15.3. The Morgan fingerprint density at radius 3 is 2.32 bits per heavy atom. The largest absolute Gasteiger partial charge is 0.481 e. The van der Waals surface area contributed by atoms with Crippen molar-refractivity contribution in [1.29, 1.82) is 0 Å². The van der Waals surface area contributed by atoms with Gasteiger partial charge in [0.05, 0.1) is 5.69 Å². The highest BCUT2D eigenvalue weighted by atomic mass is 35.5. The minimum absolute atomic E-state index is 0.0139. The van der Waals surface area contributed by atoms with Crippen molar-refractivity contribution in [3.05, 3.63) is 53.1 Å². The van der Waals surface area contributed by atoms with Gasteiger partial charge < -0.3 is 20.6 Å². The van der Waals surface area contributed by atoms with E-state index in [9.17, 15) is 22.8 Å². The van der Waals surface area contributed by atoms with E-state index in [1.807, 2.05) is 37.3 Å². The summed E-state index contributed by atoms with van der Waals surface area (Å²) in [5.74, 6) is -2.06. The molecule has 0 bridgehead atoms. The maximum atomic E-state index is 13.9. The van der Waals surface area contributed by atoms with E-state index >= 15 is 0 Å². The van der Waals surface area contributed by atoms with Crippen LogP contribution in [0.5, 0.6) is 0 Å². The number of primary amides is 1. The lowest BCUT2D eigenvalue weighted by molar-refractivity contribution is -0.143. The van der Waals surface area contributed by atoms with Gasteiger partial charge in [-0.3, -0.25) is 14.4 Å². The van der Waals surface area contributed by atoms with Crippen molar-refractivity contribution in [3.63, 3.8) is 0 Å². The lowest BCUT2D eigenvalue weighted by Gasteiger charge is -2.36. The van der Waals surface area contributed by atoms with E-state index in [1.54, 1.807) is 30.5 Å². The summed E-state index contributed by atoms with van der Waals surface area (Å²) in [6.07, 6.45) is 8.25. The molecule has 0 spiro atoms. The second-order valence-corrected chi connectivity index (χ2v) is 13.9. The third-order valence-electron chi connectivity index (χ3n) is 8.42. The first kappa shape index (κ1) is 35.3. The molecule has 0 aromatic heterocycles. The lowest BCUT2D eigenvalue weighted by atomic mass is 9.83. The number of aliphatic carboxylic acids is 1. The molecule has 4 rings (SSSR count). The fourth-order valence-corrected chi connectivity index (χ4v) is 7.74. The Kier molecular flexibility index (Phi) is 13.0. The van der Waals surface area contributed by atoms with Gasteiger partial charge in [0.1, 0.15) is 4.90 Å². The second kappa shape index (κ2) is 16.2. The summed E-state index contributed by atoms with van der Waals surface area (Å²) in [6, 6.07) is 13.1. The number of aryl methyl sites for hydroxylation is 1. The summed E-state index contributed by atoms with van der Waals surface area (Å²) in [6.45, 7) is 3.17. The van der Waals surface area contributed by atoms with Gasteiger partial charge in [-0.2, -0.15) is 4.31 Å². The highest BCUT2D eigenvalue weighted by Crippen LogP contribution is 2.42. The molecule has 2 aromatic carbocycles. The van der Waals surface area contributed by atoms with Gasteiger partial charge in [-0.15, -0.1) is 0 Å². The number of sulfonamides is 1. The summed E-state index contributed by atoms with van der Waals surface area (Å²) in [5.41, 5.74) is 6.96. The zero-order valence-electron chi connectivity index (χ0n) is 25.9. The van der Waals surface area contributed by atoms with Crippen LogP contribution in [0.3, 0.4) is 0 Å². The minimum atomic E-state index is -3.76. The Bertz CT molecular complexity index is 1400. The van der Waals surface area contributed by atoms with E-state index in [0.29, 0.717) is 48.1 Å². The van der Waals surface area contributed by atoms with Crippen LogP contribution < -0.4 is 10.6 Å². The van der Waals surface area contributed by atoms with E-state index in [-0.39, 0.29) is 17.4 Å². The molecule has 3 N–H and O–H groups in total. The molecule has 2 amide bonds. The number of rotatable bonds is 9. The molecule has 1 fully saturated rings. The number of likely N-dealkylation sites (N-methyl/N-ethyl adjacent to an activating group) is 2. The average Bonchev–Trinajstić information content (AvgIpc) is 3.08. The van der Waals surface area contributed by atoms with Crippen LogP contribution in [0.15, 0.2) is 47.4 Å². The smallest absolute Gasteiger partial charge is 0.311 e. The average molecular weight is 649 g/mol. The molecule has 0 radical (unpaired) electrons. The molecule has 1 aliphatic carbocycles. The van der Waals surface area contributed by atoms with Crippen molar-refractivity contribution in [1.82, 2.24) is 9.21 Å². The van der Waals surface area contributed by atoms with E-state index in [1.165, 1.54) is 11.3 Å². The predicted molar refractivity (Wildman–Crippen MR) is 173 cm³/mol. The van der Waals surface area contributed by atoms with Gasteiger partial charge in [-0.05, 0) is 67.9 Å². The van der Waals surface area contributed by atoms with Gasteiger partial charge in [0.25, 0.3) is 0 Å². The Hall–Kier alpha value is -3.15. The number of carboxylic acid groups (broad SMARTS) is 1. The van der Waals surface area contributed by atoms with Crippen LogP contribution in [-0.4, -0.2) is 73.7 Å². The Balaban J connectivity index is 0.000000411. The van der Waals surface area contributed by atoms with E-state index in [0.717, 1.165) is 44.2 Å². The number of halogens is 1. The lowest BCUT2D eigenvalue weighted by Crippen LogP contribution is -2.46. The van der Waals surface area contributed by atoms with Gasteiger partial charge in [0, 0.05) is 50.4 Å². The standard InChI is InChI=1S/C25H31ClN2O4S.C7H14N2O2/c1-27-23(18-9-4-2-5-10-18)17-28(20-12-6-3-7-13-20)22-16-21(26)19(11-8-14-25(29)30)15-24(22)33(27,31)32;1-3-4-5-9(2)7(11)6(8)10/h3,6-7,12-13,15-16,18,23H,2,4-5,8-11,14,17H2,1H3,(H,29,30);3-5H2,1-2H3,(H2,8,10)/t23-;/m0./s1. The SMILES string of the molecule is CCCCN(C)C(=O)C(N)=O.CN1[C@H](C2CCCCC2)CN(c2ccccc2)c2cc(Cl)c(CCCC(=O)O)cc2S1(=O)=O. The van der Waals surface area contributed by atoms with Crippen LogP contribution in [0.1, 0.15) is 70.3 Å². The first-order chi connectivity index (χ1) is 20.9. The van der Waals surface area contributed by atoms with E-state index in [2.05, 4.69) is 4.90 Å². The molecule has 1 saturated carbocycles. The number of carbonyl (C=O) groups is 3. The van der Waals surface area contributed by atoms with Crippen LogP contribution in [0.2, 0.25) is 5.02 Å². The summed E-state index contributed by atoms with van der Waals surface area (Å²) < 4.78 is 29.3. The predicted octanol–water partition coefficient (Wildman–Crippen LogP) is 5.20. The van der Waals surface area contributed by atoms with Gasteiger partial charge >= 0.3 is 17.8 Å². The fraction of sp³-hybridized carbons (Fsp3) is 0.531. The zero-order valence-corrected chi connectivity index (χ0v) is 27.4. The summed E-state index contributed by atoms with van der Waals surface area (Å²) in [4.78, 5) is 35.7. The number of unbranched alkanes of at least 4 members (excludes halogenated alkanes) is 1. The maximum absolute atomic E-state index is 13.9. The molecular weight excluding hydrogens is 604 g/mol. The molecule has 1 heterocycles. The zero-order chi connectivity index (χ0) is 32.4. The first-order valence-corrected chi connectivity index (χ1v) is 17.1. The van der Waals surface area contributed by atoms with Crippen LogP contribution in [0.4, 0.5) is 11.4 Å². The number of para-hydroxylation sites is 1. The highest BCUT2D eigenvalue weighted by Gasteiger charge is 2.41. The quantitative estimate of drug-likeness (QED) is 0.356. The summed E-state index contributed by atoms with van der Waals surface area (Å²) in [5, 5.41) is 9.45. The number of nitrogens with zero attached hydrogens (tertiary/aromatic N) is 3. The number of fused-ring (bicyclic) bond motifs is 1. The summed E-state index contributed by atoms with van der Waals surface area (Å²) >= 11 is 6.61. The second-order valence-electron chi connectivity index (χ2n) is 11.5. The van der Waals surface area contributed by atoms with Gasteiger partial charge in [0.15, 0.2) is 0 Å². The number of amides is 2. The van der Waals surface area contributed by atoms with Gasteiger partial charge in [-0.1, -0.05) is 62.4 Å². The number of benzene rings is 2. The van der Waals surface area contributed by atoms with E-state index in [4.69, 9.17) is 22.4 Å². The Labute approximate surface area is 266 Å². The van der Waals surface area contributed by atoms with Crippen molar-refractivity contribution in [3.8, 4) is 0 Å². The van der Waals surface area contributed by atoms with Crippen molar-refractivity contribution in [2.45, 2.75) is 82.1 Å². The molecule has 1 aliphatic heterocycles. The monoisotopic (exact) mass is 648 g/mol. The highest BCUT2D eigenvalue weighted by molar-refractivity contribution is 7.89. The summed E-state index contributed by atoms with van der Waals surface area (Å²) in [7, 11) is -0.488. The number of hydrogen-bond donors (Lipinski definition) is 2. The molecule has 2 aliphatic rings. The molecule has 12 heteroatoms. The number of carboxylic acids is 1. The van der Waals surface area contributed by atoms with Crippen molar-refractivity contribution in [2.24, 2.45) is 11.7 Å². The van der Waals surface area contributed by atoms with E-state index < -0.39 is 27.8 Å². The topological polar surface area (TPSA) is 141 Å². The number of anilines is 2. The van der Waals surface area contributed by atoms with Gasteiger partial charge in [0.2, 0.25) is 10.0 Å². The van der Waals surface area contributed by atoms with Crippen molar-refractivity contribution >= 4 is 50.8 Å².